The van der Waals surface area contributed by atoms with E-state index >= 15 is 0 Å². The number of nitrogens with zero attached hydrogens (tertiary/aromatic N) is 2. The van der Waals surface area contributed by atoms with Crippen LogP contribution in [0, 0.1) is 30.5 Å². The summed E-state index contributed by atoms with van der Waals surface area (Å²) in [5.74, 6) is -8.19. The van der Waals surface area contributed by atoms with Crippen molar-refractivity contribution in [3.8, 4) is 11.5 Å². The number of pyridine rings is 2. The van der Waals surface area contributed by atoms with Gasteiger partial charge in [-0.25, -0.2) is 0 Å². The normalized spacial score (nSPS) is 10.5. The molecule has 0 spiro atoms. The van der Waals surface area contributed by atoms with E-state index in [4.69, 9.17) is 4.74 Å². The fourth-order valence-corrected chi connectivity index (χ4v) is 1.19. The molecule has 18 heavy (non-hydrogen) atoms. The molecule has 0 aliphatic heterocycles. The Morgan fingerprint density at radius 2 is 1.61 bits per heavy atom. The van der Waals surface area contributed by atoms with Gasteiger partial charge in [-0.05, 0) is 19.1 Å². The fraction of sp³-hybridized carbons (Fsp3) is 0.0909. The lowest BCUT2D eigenvalue weighted by Crippen LogP contribution is -2.03. The largest absolute Gasteiger partial charge is 0.449 e. The molecule has 0 atom stereocenters. The van der Waals surface area contributed by atoms with Crippen LogP contribution in [0.25, 0.3) is 0 Å². The van der Waals surface area contributed by atoms with E-state index in [1.807, 2.05) is 0 Å². The van der Waals surface area contributed by atoms with Gasteiger partial charge in [0.1, 0.15) is 5.75 Å². The van der Waals surface area contributed by atoms with Crippen LogP contribution < -0.4 is 4.74 Å². The van der Waals surface area contributed by atoms with Gasteiger partial charge in [-0.1, -0.05) is 0 Å². The van der Waals surface area contributed by atoms with Crippen molar-refractivity contribution in [1.29, 1.82) is 0 Å². The number of halogens is 4. The van der Waals surface area contributed by atoms with Crippen molar-refractivity contribution in [3.63, 3.8) is 0 Å². The second kappa shape index (κ2) is 4.59. The predicted octanol–water partition coefficient (Wildman–Crippen LogP) is 3.13. The van der Waals surface area contributed by atoms with E-state index in [0.29, 0.717) is 5.69 Å². The van der Waals surface area contributed by atoms with Gasteiger partial charge in [-0.15, -0.1) is 0 Å². The zero-order valence-corrected chi connectivity index (χ0v) is 9.05. The molecule has 0 unspecified atom stereocenters. The van der Waals surface area contributed by atoms with Crippen molar-refractivity contribution < 1.29 is 22.3 Å². The summed E-state index contributed by atoms with van der Waals surface area (Å²) in [5.41, 5.74) is 0.649. The van der Waals surface area contributed by atoms with Gasteiger partial charge in [0.15, 0.2) is 0 Å². The van der Waals surface area contributed by atoms with Gasteiger partial charge >= 0.3 is 0 Å². The first kappa shape index (κ1) is 12.3. The Bertz CT molecular complexity index is 560. The van der Waals surface area contributed by atoms with E-state index in [9.17, 15) is 17.6 Å². The topological polar surface area (TPSA) is 35.0 Å². The predicted molar refractivity (Wildman–Crippen MR) is 53.1 cm³/mol. The van der Waals surface area contributed by atoms with E-state index in [1.165, 1.54) is 18.3 Å². The minimum absolute atomic E-state index is 0.0524. The molecule has 3 nitrogen and oxygen atoms in total. The molecule has 0 saturated carbocycles. The summed E-state index contributed by atoms with van der Waals surface area (Å²) in [6, 6.07) is 2.87. The van der Waals surface area contributed by atoms with Gasteiger partial charge in [0.2, 0.25) is 17.4 Å². The second-order valence-corrected chi connectivity index (χ2v) is 3.39. The molecule has 0 saturated heterocycles. The molecule has 2 aromatic heterocycles. The lowest BCUT2D eigenvalue weighted by Gasteiger charge is -2.08. The molecule has 2 aromatic rings. The van der Waals surface area contributed by atoms with Crippen LogP contribution >= 0.6 is 0 Å². The molecule has 0 aliphatic carbocycles. The maximum Gasteiger partial charge on any atom is 0.255 e. The summed E-state index contributed by atoms with van der Waals surface area (Å²) in [7, 11) is 0. The third-order valence-corrected chi connectivity index (χ3v) is 2.06. The molecule has 0 aliphatic rings. The molecule has 2 heterocycles. The zero-order chi connectivity index (χ0) is 13.3. The molecule has 0 N–H and O–H groups in total. The summed E-state index contributed by atoms with van der Waals surface area (Å²) in [5, 5.41) is 0. The summed E-state index contributed by atoms with van der Waals surface area (Å²) >= 11 is 0. The summed E-state index contributed by atoms with van der Waals surface area (Å²) in [4.78, 5) is 6.22. The molecular weight excluding hydrogens is 252 g/mol. The summed E-state index contributed by atoms with van der Waals surface area (Å²) in [6.07, 6.45) is 1.17. The van der Waals surface area contributed by atoms with E-state index in [0.717, 1.165) is 0 Å². The molecular formula is C11H6F4N2O. The van der Waals surface area contributed by atoms with Crippen LogP contribution in [0.4, 0.5) is 17.6 Å². The third-order valence-electron chi connectivity index (χ3n) is 2.06. The van der Waals surface area contributed by atoms with Crippen molar-refractivity contribution in [2.24, 2.45) is 0 Å². The Morgan fingerprint density at radius 3 is 2.11 bits per heavy atom. The molecule has 0 fully saturated rings. The van der Waals surface area contributed by atoms with Crippen molar-refractivity contribution in [2.75, 3.05) is 0 Å². The van der Waals surface area contributed by atoms with Gasteiger partial charge in [0.05, 0.1) is 6.20 Å². The van der Waals surface area contributed by atoms with Gasteiger partial charge < -0.3 is 4.74 Å². The quantitative estimate of drug-likeness (QED) is 0.613. The Morgan fingerprint density at radius 1 is 1.00 bits per heavy atom. The van der Waals surface area contributed by atoms with E-state index in [1.54, 1.807) is 6.92 Å². The van der Waals surface area contributed by atoms with Gasteiger partial charge in [-0.3, -0.25) is 4.98 Å². The molecule has 94 valence electrons. The van der Waals surface area contributed by atoms with Crippen LogP contribution in [0.2, 0.25) is 0 Å². The first-order chi connectivity index (χ1) is 8.49. The number of aromatic nitrogens is 2. The monoisotopic (exact) mass is 258 g/mol. The first-order valence-corrected chi connectivity index (χ1v) is 4.79. The van der Waals surface area contributed by atoms with E-state index in [2.05, 4.69) is 9.97 Å². The molecule has 0 aromatic carbocycles. The minimum atomic E-state index is -1.77. The number of hydrogen-bond acceptors (Lipinski definition) is 3. The Hall–Kier alpha value is -2.18. The highest BCUT2D eigenvalue weighted by Crippen LogP contribution is 2.29. The smallest absolute Gasteiger partial charge is 0.255 e. The highest BCUT2D eigenvalue weighted by molar-refractivity contribution is 5.31. The van der Waals surface area contributed by atoms with Crippen LogP contribution in [0.15, 0.2) is 18.3 Å². The average molecular weight is 258 g/mol. The minimum Gasteiger partial charge on any atom is -0.449 e. The molecule has 2 rings (SSSR count). The molecule has 0 radical (unpaired) electrons. The molecule has 0 bridgehead atoms. The summed E-state index contributed by atoms with van der Waals surface area (Å²) < 4.78 is 56.8. The SMILES string of the molecule is Cc1ccc(Oc2c(F)c(F)nc(F)c2F)cn1. The van der Waals surface area contributed by atoms with E-state index < -0.39 is 29.3 Å². The highest BCUT2D eigenvalue weighted by atomic mass is 19.2. The number of rotatable bonds is 2. The maximum atomic E-state index is 13.2. The highest BCUT2D eigenvalue weighted by Gasteiger charge is 2.22. The standard InChI is InChI=1S/C11H6F4N2O/c1-5-2-3-6(4-16-5)18-9-7(12)10(14)17-11(15)8(9)13/h2-4H,1H3. The second-order valence-electron chi connectivity index (χ2n) is 3.39. The van der Waals surface area contributed by atoms with Crippen LogP contribution in [-0.4, -0.2) is 9.97 Å². The van der Waals surface area contributed by atoms with Crippen molar-refractivity contribution in [3.05, 3.63) is 47.6 Å². The number of ether oxygens (including phenoxy) is 1. The van der Waals surface area contributed by atoms with Crippen LogP contribution in [0.3, 0.4) is 0 Å². The fourth-order valence-electron chi connectivity index (χ4n) is 1.19. The first-order valence-electron chi connectivity index (χ1n) is 4.79. The average Bonchev–Trinajstić information content (AvgIpc) is 2.34. The summed E-state index contributed by atoms with van der Waals surface area (Å²) in [6.45, 7) is 1.69. The third kappa shape index (κ3) is 2.24. The van der Waals surface area contributed by atoms with Crippen molar-refractivity contribution in [1.82, 2.24) is 9.97 Å². The number of hydrogen-bond donors (Lipinski definition) is 0. The van der Waals surface area contributed by atoms with E-state index in [-0.39, 0.29) is 5.75 Å². The maximum absolute atomic E-state index is 13.2. The lowest BCUT2D eigenvalue weighted by atomic mass is 10.3. The lowest BCUT2D eigenvalue weighted by molar-refractivity contribution is 0.342. The van der Waals surface area contributed by atoms with Crippen molar-refractivity contribution in [2.45, 2.75) is 6.92 Å². The zero-order valence-electron chi connectivity index (χ0n) is 9.05. The Labute approximate surface area is 99.1 Å². The Balaban J connectivity index is 2.42. The molecule has 0 amide bonds. The van der Waals surface area contributed by atoms with Crippen molar-refractivity contribution >= 4 is 0 Å². The van der Waals surface area contributed by atoms with Crippen LogP contribution in [-0.2, 0) is 0 Å². The molecule has 7 heteroatoms. The van der Waals surface area contributed by atoms with Gasteiger partial charge in [0, 0.05) is 5.69 Å². The van der Waals surface area contributed by atoms with Crippen LogP contribution in [0.1, 0.15) is 5.69 Å². The van der Waals surface area contributed by atoms with Gasteiger partial charge in [-0.2, -0.15) is 22.5 Å². The number of aryl methyl sites for hydroxylation is 1. The van der Waals surface area contributed by atoms with Gasteiger partial charge in [0.25, 0.3) is 11.9 Å². The van der Waals surface area contributed by atoms with Crippen LogP contribution in [0.5, 0.6) is 11.5 Å². The Kier molecular flexibility index (Phi) is 3.14.